The average Bonchev–Trinajstić information content (AvgIpc) is 3.45. The molecule has 13 heteroatoms. The van der Waals surface area contributed by atoms with Crippen LogP contribution in [0.4, 0.5) is 26.3 Å². The summed E-state index contributed by atoms with van der Waals surface area (Å²) in [7, 11) is 0. The highest BCUT2D eigenvalue weighted by Gasteiger charge is 2.39. The number of halogens is 6. The number of hydrogen-bond donors (Lipinski definition) is 0. The fourth-order valence-electron chi connectivity index (χ4n) is 3.46. The Morgan fingerprint density at radius 3 is 2.34 bits per heavy atom. The number of alkyl halides is 6. The number of pyridine rings is 2. The first-order chi connectivity index (χ1) is 16.6. The van der Waals surface area contributed by atoms with Crippen LogP contribution in [0.1, 0.15) is 22.7 Å². The minimum absolute atomic E-state index is 0.00820. The Morgan fingerprint density at radius 1 is 0.857 bits per heavy atom. The van der Waals surface area contributed by atoms with Gasteiger partial charge in [0.2, 0.25) is 5.89 Å². The Labute approximate surface area is 192 Å². The number of rotatable bonds is 5. The number of aromatic nitrogens is 5. The van der Waals surface area contributed by atoms with Gasteiger partial charge in [-0.15, -0.1) is 10.2 Å². The summed E-state index contributed by atoms with van der Waals surface area (Å²) in [6.07, 6.45) is -8.92. The van der Waals surface area contributed by atoms with E-state index in [1.165, 1.54) is 12.3 Å². The molecule has 4 aromatic heterocycles. The van der Waals surface area contributed by atoms with Gasteiger partial charge in [-0.1, -0.05) is 30.3 Å². The summed E-state index contributed by atoms with van der Waals surface area (Å²) in [5, 5.41) is 7.18. The van der Waals surface area contributed by atoms with Crippen LogP contribution in [0.15, 0.2) is 59.1 Å². The predicted molar refractivity (Wildman–Crippen MR) is 109 cm³/mol. The highest BCUT2D eigenvalue weighted by atomic mass is 19.4. The normalized spacial score (nSPS) is 12.6. The van der Waals surface area contributed by atoms with Gasteiger partial charge in [0.15, 0.2) is 0 Å². The number of nitrogens with zero attached hydrogens (tertiary/aromatic N) is 5. The zero-order valence-electron chi connectivity index (χ0n) is 17.4. The molecule has 7 nitrogen and oxygen atoms in total. The predicted octanol–water partition coefficient (Wildman–Crippen LogP) is 5.69. The SMILES string of the molecule is FC(F)(F)c1cc(C(F)(F)F)c2ccc3nc(-c4nnc(COCc5ccccc5)o4)cn3c2n1. The van der Waals surface area contributed by atoms with Gasteiger partial charge in [-0.3, -0.25) is 4.40 Å². The van der Waals surface area contributed by atoms with Crippen molar-refractivity contribution in [1.82, 2.24) is 24.6 Å². The van der Waals surface area contributed by atoms with Crippen molar-refractivity contribution in [2.75, 3.05) is 0 Å². The first kappa shape index (κ1) is 22.8. The van der Waals surface area contributed by atoms with Gasteiger partial charge in [-0.05, 0) is 23.8 Å². The molecule has 4 heterocycles. The molecule has 0 bridgehead atoms. The molecule has 0 radical (unpaired) electrons. The lowest BCUT2D eigenvalue weighted by atomic mass is 10.1. The van der Waals surface area contributed by atoms with E-state index in [0.29, 0.717) is 6.61 Å². The molecule has 35 heavy (non-hydrogen) atoms. The van der Waals surface area contributed by atoms with Crippen molar-refractivity contribution in [2.45, 2.75) is 25.6 Å². The number of imidazole rings is 1. The number of ether oxygens (including phenoxy) is 1. The second-order valence-electron chi connectivity index (χ2n) is 7.45. The van der Waals surface area contributed by atoms with Crippen molar-refractivity contribution in [3.05, 3.63) is 77.4 Å². The van der Waals surface area contributed by atoms with Gasteiger partial charge in [0.05, 0.1) is 12.2 Å². The highest BCUT2D eigenvalue weighted by molar-refractivity contribution is 5.83. The minimum Gasteiger partial charge on any atom is -0.417 e. The number of fused-ring (bicyclic) bond motifs is 3. The molecule has 0 aliphatic heterocycles. The Bertz CT molecular complexity index is 1510. The van der Waals surface area contributed by atoms with Crippen LogP contribution in [0.5, 0.6) is 0 Å². The fourth-order valence-corrected chi connectivity index (χ4v) is 3.46. The molecule has 0 fully saturated rings. The Hall–Kier alpha value is -4.00. The lowest BCUT2D eigenvalue weighted by Crippen LogP contribution is -2.14. The van der Waals surface area contributed by atoms with E-state index in [2.05, 4.69) is 20.2 Å². The third kappa shape index (κ3) is 4.54. The topological polar surface area (TPSA) is 78.3 Å². The average molecular weight is 493 g/mol. The van der Waals surface area contributed by atoms with Crippen LogP contribution in [-0.2, 0) is 30.3 Å². The molecule has 0 aliphatic rings. The summed E-state index contributed by atoms with van der Waals surface area (Å²) in [5.74, 6) is 0.0397. The monoisotopic (exact) mass is 493 g/mol. The van der Waals surface area contributed by atoms with Gasteiger partial charge in [0, 0.05) is 11.6 Å². The van der Waals surface area contributed by atoms with E-state index in [1.807, 2.05) is 30.3 Å². The van der Waals surface area contributed by atoms with Gasteiger partial charge >= 0.3 is 12.4 Å². The summed E-state index contributed by atoms with van der Waals surface area (Å²) >= 11 is 0. The minimum atomic E-state index is -5.08. The second-order valence-corrected chi connectivity index (χ2v) is 7.45. The molecular weight excluding hydrogens is 480 g/mol. The third-order valence-electron chi connectivity index (χ3n) is 5.02. The zero-order chi connectivity index (χ0) is 24.8. The van der Waals surface area contributed by atoms with Crippen LogP contribution in [0, 0.1) is 0 Å². The molecule has 1 aromatic carbocycles. The van der Waals surface area contributed by atoms with E-state index < -0.39 is 34.6 Å². The summed E-state index contributed by atoms with van der Waals surface area (Å²) in [6.45, 7) is 0.289. The van der Waals surface area contributed by atoms with E-state index in [0.717, 1.165) is 16.0 Å². The van der Waals surface area contributed by atoms with Gasteiger partial charge in [0.1, 0.15) is 29.3 Å². The lowest BCUT2D eigenvalue weighted by molar-refractivity contribution is -0.144. The van der Waals surface area contributed by atoms with Gasteiger partial charge in [-0.25, -0.2) is 9.97 Å². The van der Waals surface area contributed by atoms with E-state index in [4.69, 9.17) is 9.15 Å². The molecule has 0 spiro atoms. The fraction of sp³-hybridized carbons (Fsp3) is 0.182. The van der Waals surface area contributed by atoms with Crippen molar-refractivity contribution >= 4 is 16.7 Å². The van der Waals surface area contributed by atoms with Gasteiger partial charge in [0.25, 0.3) is 5.89 Å². The molecule has 0 unspecified atom stereocenters. The molecule has 5 rings (SSSR count). The molecule has 0 atom stereocenters. The van der Waals surface area contributed by atoms with Crippen LogP contribution in [0.3, 0.4) is 0 Å². The summed E-state index contributed by atoms with van der Waals surface area (Å²) in [4.78, 5) is 7.62. The highest BCUT2D eigenvalue weighted by Crippen LogP contribution is 2.39. The van der Waals surface area contributed by atoms with E-state index in [1.54, 1.807) is 0 Å². The first-order valence-electron chi connectivity index (χ1n) is 10.0. The molecule has 0 saturated heterocycles. The number of hydrogen-bond acceptors (Lipinski definition) is 6. The maximum Gasteiger partial charge on any atom is 0.433 e. The van der Waals surface area contributed by atoms with Crippen molar-refractivity contribution in [1.29, 1.82) is 0 Å². The summed E-state index contributed by atoms with van der Waals surface area (Å²) in [6, 6.07) is 11.6. The van der Waals surface area contributed by atoms with Crippen molar-refractivity contribution in [3.8, 4) is 11.6 Å². The Balaban J connectivity index is 1.49. The van der Waals surface area contributed by atoms with Crippen molar-refractivity contribution in [3.63, 3.8) is 0 Å². The number of benzene rings is 1. The quantitative estimate of drug-likeness (QED) is 0.293. The molecule has 180 valence electrons. The smallest absolute Gasteiger partial charge is 0.417 e. The van der Waals surface area contributed by atoms with Crippen LogP contribution in [-0.4, -0.2) is 24.6 Å². The summed E-state index contributed by atoms with van der Waals surface area (Å²) in [5.41, 5.74) is -2.66. The van der Waals surface area contributed by atoms with Crippen LogP contribution in [0.25, 0.3) is 28.3 Å². The van der Waals surface area contributed by atoms with Crippen molar-refractivity contribution < 1.29 is 35.5 Å². The molecule has 5 aromatic rings. The van der Waals surface area contributed by atoms with Crippen molar-refractivity contribution in [2.24, 2.45) is 0 Å². The Morgan fingerprint density at radius 2 is 1.63 bits per heavy atom. The van der Waals surface area contributed by atoms with Crippen LogP contribution < -0.4 is 0 Å². The summed E-state index contributed by atoms with van der Waals surface area (Å²) < 4.78 is 92.4. The lowest BCUT2D eigenvalue weighted by Gasteiger charge is -2.14. The maximum atomic E-state index is 13.5. The van der Waals surface area contributed by atoms with E-state index in [9.17, 15) is 26.3 Å². The zero-order valence-corrected chi connectivity index (χ0v) is 17.4. The van der Waals surface area contributed by atoms with Gasteiger partial charge in [-0.2, -0.15) is 26.3 Å². The molecule has 0 aliphatic carbocycles. The van der Waals surface area contributed by atoms with E-state index in [-0.39, 0.29) is 35.8 Å². The van der Waals surface area contributed by atoms with Crippen LogP contribution >= 0.6 is 0 Å². The first-order valence-corrected chi connectivity index (χ1v) is 10.0. The van der Waals surface area contributed by atoms with Gasteiger partial charge < -0.3 is 9.15 Å². The van der Waals surface area contributed by atoms with E-state index >= 15 is 0 Å². The molecular formula is C22H13F6N5O2. The molecule has 0 N–H and O–H groups in total. The second kappa shape index (κ2) is 8.34. The van der Waals surface area contributed by atoms with Crippen LogP contribution in [0.2, 0.25) is 0 Å². The largest absolute Gasteiger partial charge is 0.433 e. The Kier molecular flexibility index (Phi) is 5.43. The molecule has 0 saturated carbocycles. The third-order valence-corrected chi connectivity index (χ3v) is 5.02. The molecule has 0 amide bonds. The maximum absolute atomic E-state index is 13.5. The standard InChI is InChI=1S/C22H13F6N5O2/c23-21(24,25)14-8-16(22(26,27)28)30-19-13(14)6-7-17-29-15(9-33(17)19)20-32-31-18(35-20)11-34-10-12-4-2-1-3-5-12/h1-9H,10-11H2.